The number of rotatable bonds is 7. The van der Waals surface area contributed by atoms with Gasteiger partial charge in [-0.25, -0.2) is 4.79 Å². The molecule has 2 bridgehead atoms. The number of ether oxygens (including phenoxy) is 2. The Hall–Kier alpha value is -1.10. The van der Waals surface area contributed by atoms with Crippen molar-refractivity contribution in [3.8, 4) is 0 Å². The lowest BCUT2D eigenvalue weighted by atomic mass is 9.70. The van der Waals surface area contributed by atoms with Crippen LogP contribution in [0.25, 0.3) is 0 Å². The number of fused-ring (bicyclic) bond motifs is 2. The van der Waals surface area contributed by atoms with Crippen LogP contribution < -0.4 is 0 Å². The number of likely N-dealkylation sites (N-methyl/N-ethyl adjacent to an activating group) is 1. The average molecular weight is 355 g/mol. The van der Waals surface area contributed by atoms with Crippen LogP contribution in [0.4, 0.5) is 0 Å². The van der Waals surface area contributed by atoms with Crippen LogP contribution >= 0.6 is 0 Å². The Bertz CT molecular complexity index is 526. The minimum atomic E-state index is -0.226. The first-order valence-corrected chi connectivity index (χ1v) is 9.58. The minimum Gasteiger partial charge on any atom is -0.462 e. The van der Waals surface area contributed by atoms with Gasteiger partial charge in [-0.15, -0.1) is 0 Å². The van der Waals surface area contributed by atoms with E-state index in [0.717, 1.165) is 12.8 Å². The summed E-state index contributed by atoms with van der Waals surface area (Å²) in [5.74, 6) is 0.294. The highest BCUT2D eigenvalue weighted by molar-refractivity contribution is 5.71. The Balaban J connectivity index is 1.82. The van der Waals surface area contributed by atoms with Crippen LogP contribution in [0, 0.1) is 16.7 Å². The SMILES string of the molecule is CC(C)OC(=O)C[N+](C)(C)CCC(=O)O[C@H]1C[C@@H]2CC[C@@]1(C)C2(C)C. The molecule has 5 heteroatoms. The summed E-state index contributed by atoms with van der Waals surface area (Å²) in [4.78, 5) is 24.2. The Morgan fingerprint density at radius 3 is 2.28 bits per heavy atom. The summed E-state index contributed by atoms with van der Waals surface area (Å²) in [6.45, 7) is 11.4. The average Bonchev–Trinajstić information content (AvgIpc) is 2.77. The summed E-state index contributed by atoms with van der Waals surface area (Å²) in [6, 6.07) is 0. The standard InChI is InChI=1S/C20H36NO4/c1-14(2)24-18(23)13-21(6,7)11-9-17(22)25-16-12-15-8-10-20(16,5)19(15,3)4/h14-16H,8-13H2,1-7H3/q+1/t15-,16-,20+/m0/s1. The van der Waals surface area contributed by atoms with Gasteiger partial charge < -0.3 is 14.0 Å². The molecule has 0 aromatic carbocycles. The van der Waals surface area contributed by atoms with E-state index in [0.29, 0.717) is 23.4 Å². The van der Waals surface area contributed by atoms with E-state index in [4.69, 9.17) is 9.47 Å². The number of esters is 2. The van der Waals surface area contributed by atoms with E-state index in [1.54, 1.807) is 0 Å². The van der Waals surface area contributed by atoms with Gasteiger partial charge >= 0.3 is 11.9 Å². The van der Waals surface area contributed by atoms with E-state index in [9.17, 15) is 9.59 Å². The summed E-state index contributed by atoms with van der Waals surface area (Å²) in [5.41, 5.74) is 0.340. The zero-order valence-electron chi connectivity index (χ0n) is 17.1. The summed E-state index contributed by atoms with van der Waals surface area (Å²) in [5, 5.41) is 0. The Morgan fingerprint density at radius 2 is 1.80 bits per heavy atom. The molecule has 0 amide bonds. The van der Waals surface area contributed by atoms with Crippen LogP contribution in [0.2, 0.25) is 0 Å². The van der Waals surface area contributed by atoms with E-state index < -0.39 is 0 Å². The fraction of sp³-hybridized carbons (Fsp3) is 0.900. The molecule has 144 valence electrons. The number of carbonyl (C=O) groups excluding carboxylic acids is 2. The van der Waals surface area contributed by atoms with Gasteiger partial charge in [0, 0.05) is 5.41 Å². The molecular weight excluding hydrogens is 318 g/mol. The Morgan fingerprint density at radius 1 is 1.16 bits per heavy atom. The second kappa shape index (κ2) is 6.90. The van der Waals surface area contributed by atoms with Crippen molar-refractivity contribution in [2.24, 2.45) is 16.7 Å². The van der Waals surface area contributed by atoms with Crippen molar-refractivity contribution in [1.82, 2.24) is 0 Å². The molecule has 2 aliphatic rings. The van der Waals surface area contributed by atoms with Gasteiger partial charge in [-0.05, 0) is 44.4 Å². The highest BCUT2D eigenvalue weighted by atomic mass is 16.5. The number of carbonyl (C=O) groups is 2. The molecule has 0 aromatic rings. The van der Waals surface area contributed by atoms with Gasteiger partial charge in [0.15, 0.2) is 6.54 Å². The quantitative estimate of drug-likeness (QED) is 0.520. The second-order valence-corrected chi connectivity index (χ2v) is 9.70. The van der Waals surface area contributed by atoms with Crippen molar-refractivity contribution >= 4 is 11.9 Å². The predicted molar refractivity (Wildman–Crippen MR) is 96.8 cm³/mol. The van der Waals surface area contributed by atoms with E-state index in [1.807, 2.05) is 27.9 Å². The monoisotopic (exact) mass is 354 g/mol. The van der Waals surface area contributed by atoms with Gasteiger partial charge in [0.1, 0.15) is 6.10 Å². The summed E-state index contributed by atoms with van der Waals surface area (Å²) in [6.07, 6.45) is 3.65. The van der Waals surface area contributed by atoms with Crippen LogP contribution in [-0.4, -0.2) is 55.8 Å². The first-order chi connectivity index (χ1) is 11.4. The lowest BCUT2D eigenvalue weighted by Gasteiger charge is -2.38. The molecule has 0 aliphatic heterocycles. The molecule has 0 saturated heterocycles. The molecule has 2 saturated carbocycles. The first-order valence-electron chi connectivity index (χ1n) is 9.58. The first kappa shape index (κ1) is 20.2. The van der Waals surface area contributed by atoms with Crippen molar-refractivity contribution in [3.05, 3.63) is 0 Å². The van der Waals surface area contributed by atoms with Gasteiger partial charge in [-0.3, -0.25) is 4.79 Å². The zero-order chi connectivity index (χ0) is 19.0. The molecule has 0 unspecified atom stereocenters. The topological polar surface area (TPSA) is 52.6 Å². The van der Waals surface area contributed by atoms with Gasteiger partial charge in [-0.1, -0.05) is 20.8 Å². The molecule has 5 nitrogen and oxygen atoms in total. The number of hydrogen-bond acceptors (Lipinski definition) is 4. The lowest BCUT2D eigenvalue weighted by molar-refractivity contribution is -0.882. The largest absolute Gasteiger partial charge is 0.462 e. The van der Waals surface area contributed by atoms with E-state index in [1.165, 1.54) is 6.42 Å². The molecule has 2 fully saturated rings. The normalized spacial score (nSPS) is 30.6. The third-order valence-electron chi connectivity index (χ3n) is 6.83. The van der Waals surface area contributed by atoms with Crippen molar-refractivity contribution < 1.29 is 23.5 Å². The van der Waals surface area contributed by atoms with Crippen LogP contribution in [0.15, 0.2) is 0 Å². The van der Waals surface area contributed by atoms with Crippen LogP contribution in [0.5, 0.6) is 0 Å². The van der Waals surface area contributed by atoms with Gasteiger partial charge in [0.25, 0.3) is 0 Å². The van der Waals surface area contributed by atoms with Crippen molar-refractivity contribution in [1.29, 1.82) is 0 Å². The highest BCUT2D eigenvalue weighted by Crippen LogP contribution is 2.66. The zero-order valence-corrected chi connectivity index (χ0v) is 17.1. The molecule has 25 heavy (non-hydrogen) atoms. The molecule has 2 aliphatic carbocycles. The van der Waals surface area contributed by atoms with Crippen molar-refractivity contribution in [2.75, 3.05) is 27.2 Å². The second-order valence-electron chi connectivity index (χ2n) is 9.70. The van der Waals surface area contributed by atoms with Crippen molar-refractivity contribution in [3.63, 3.8) is 0 Å². The van der Waals surface area contributed by atoms with Gasteiger partial charge in [-0.2, -0.15) is 0 Å². The van der Waals surface area contributed by atoms with E-state index >= 15 is 0 Å². The molecule has 0 radical (unpaired) electrons. The molecular formula is C20H36NO4+. The van der Waals surface area contributed by atoms with E-state index in [-0.39, 0.29) is 41.5 Å². The third kappa shape index (κ3) is 4.18. The van der Waals surface area contributed by atoms with Crippen LogP contribution in [-0.2, 0) is 19.1 Å². The smallest absolute Gasteiger partial charge is 0.362 e. The molecule has 3 atom stereocenters. The Labute approximate surface area is 152 Å². The molecule has 0 aromatic heterocycles. The fourth-order valence-corrected chi connectivity index (χ4v) is 4.65. The lowest BCUT2D eigenvalue weighted by Crippen LogP contribution is -2.46. The Kier molecular flexibility index (Phi) is 5.58. The van der Waals surface area contributed by atoms with E-state index in [2.05, 4.69) is 20.8 Å². The summed E-state index contributed by atoms with van der Waals surface area (Å²) >= 11 is 0. The maximum absolute atomic E-state index is 12.4. The minimum absolute atomic E-state index is 0.0373. The predicted octanol–water partition coefficient (Wildman–Crippen LogP) is 3.16. The maximum atomic E-state index is 12.4. The van der Waals surface area contributed by atoms with Gasteiger partial charge in [0.2, 0.25) is 0 Å². The highest BCUT2D eigenvalue weighted by Gasteiger charge is 2.62. The molecule has 0 heterocycles. The summed E-state index contributed by atoms with van der Waals surface area (Å²) < 4.78 is 11.5. The van der Waals surface area contributed by atoms with Crippen molar-refractivity contribution in [2.45, 2.75) is 72.5 Å². The number of nitrogens with zero attached hydrogens (tertiary/aromatic N) is 1. The molecule has 2 rings (SSSR count). The fourth-order valence-electron chi connectivity index (χ4n) is 4.65. The molecule has 0 spiro atoms. The number of quaternary nitrogens is 1. The summed E-state index contributed by atoms with van der Waals surface area (Å²) in [7, 11) is 3.88. The number of hydrogen-bond donors (Lipinski definition) is 0. The van der Waals surface area contributed by atoms with Gasteiger partial charge in [0.05, 0.1) is 33.2 Å². The van der Waals surface area contributed by atoms with Crippen LogP contribution in [0.3, 0.4) is 0 Å². The molecule has 0 N–H and O–H groups in total. The maximum Gasteiger partial charge on any atom is 0.362 e. The van der Waals surface area contributed by atoms with Crippen LogP contribution in [0.1, 0.15) is 60.3 Å². The third-order valence-corrected chi connectivity index (χ3v) is 6.83.